The highest BCUT2D eigenvalue weighted by molar-refractivity contribution is 7.90. The van der Waals surface area contributed by atoms with Gasteiger partial charge >= 0.3 is 12.0 Å². The van der Waals surface area contributed by atoms with Crippen LogP contribution in [0.15, 0.2) is 18.2 Å². The van der Waals surface area contributed by atoms with Crippen molar-refractivity contribution in [1.29, 1.82) is 0 Å². The van der Waals surface area contributed by atoms with E-state index in [0.29, 0.717) is 20.9 Å². The number of carbonyl (C=O) groups is 3. The molecule has 0 aliphatic rings. The van der Waals surface area contributed by atoms with Gasteiger partial charge in [0.25, 0.3) is 5.91 Å². The van der Waals surface area contributed by atoms with Gasteiger partial charge in [-0.1, -0.05) is 23.2 Å². The third-order valence-corrected chi connectivity index (χ3v) is 7.67. The standard InChI is InChI=1S/C19H24Cl2N4O6S/c1-9(7-16(26)27)22-19(29)24-32(30,31)11(3)10(2)23-18(28)15-8-12-14(25(15)4)6-5-13(20)17(12)21/h5-6,8-11H,7H2,1-4H3,(H,23,28)(H,26,27)(H2,22,24,29)/t9?,10-,11?/m1/s1. The Morgan fingerprint density at radius 2 is 1.75 bits per heavy atom. The maximum atomic E-state index is 12.8. The number of carbonyl (C=O) groups excluding carboxylic acids is 2. The first-order chi connectivity index (χ1) is 14.7. The number of rotatable bonds is 8. The third kappa shape index (κ3) is 5.84. The van der Waals surface area contributed by atoms with Crippen LogP contribution in [0, 0.1) is 0 Å². The summed E-state index contributed by atoms with van der Waals surface area (Å²) in [5.41, 5.74) is 0.917. The van der Waals surface area contributed by atoms with Crippen molar-refractivity contribution < 1.29 is 27.9 Å². The van der Waals surface area contributed by atoms with Gasteiger partial charge in [0.15, 0.2) is 0 Å². The lowest BCUT2D eigenvalue weighted by molar-refractivity contribution is -0.137. The fraction of sp³-hybridized carbons (Fsp3) is 0.421. The first-order valence-electron chi connectivity index (χ1n) is 9.52. The van der Waals surface area contributed by atoms with Crippen molar-refractivity contribution in [2.24, 2.45) is 7.05 Å². The molecule has 1 aromatic heterocycles. The molecule has 2 rings (SSSR count). The maximum absolute atomic E-state index is 12.8. The smallest absolute Gasteiger partial charge is 0.328 e. The molecule has 13 heteroatoms. The number of urea groups is 1. The Balaban J connectivity index is 2.10. The molecule has 2 aromatic rings. The minimum atomic E-state index is -4.18. The van der Waals surface area contributed by atoms with E-state index >= 15 is 0 Å². The number of sulfonamides is 1. The van der Waals surface area contributed by atoms with E-state index in [0.717, 1.165) is 0 Å². The van der Waals surface area contributed by atoms with Crippen LogP contribution in [-0.2, 0) is 21.9 Å². The molecule has 0 spiro atoms. The van der Waals surface area contributed by atoms with Crippen molar-refractivity contribution in [2.45, 2.75) is 44.5 Å². The van der Waals surface area contributed by atoms with Crippen LogP contribution in [-0.4, -0.2) is 53.3 Å². The lowest BCUT2D eigenvalue weighted by atomic mass is 10.2. The number of aliphatic carboxylic acids is 1. The fourth-order valence-electron chi connectivity index (χ4n) is 3.02. The van der Waals surface area contributed by atoms with Crippen molar-refractivity contribution in [3.63, 3.8) is 0 Å². The Morgan fingerprint density at radius 3 is 2.34 bits per heavy atom. The summed E-state index contributed by atoms with van der Waals surface area (Å²) in [5, 5.41) is 13.6. The number of aromatic nitrogens is 1. The highest BCUT2D eigenvalue weighted by Gasteiger charge is 2.30. The van der Waals surface area contributed by atoms with Crippen molar-refractivity contribution in [1.82, 2.24) is 19.9 Å². The van der Waals surface area contributed by atoms with Crippen molar-refractivity contribution in [2.75, 3.05) is 0 Å². The Morgan fingerprint density at radius 1 is 1.12 bits per heavy atom. The molecule has 0 saturated heterocycles. The number of fused-ring (bicyclic) bond motifs is 1. The molecule has 3 atom stereocenters. The molecule has 0 bridgehead atoms. The maximum Gasteiger partial charge on any atom is 0.328 e. The minimum absolute atomic E-state index is 0.244. The largest absolute Gasteiger partial charge is 0.481 e. The van der Waals surface area contributed by atoms with Gasteiger partial charge in [-0.3, -0.25) is 9.59 Å². The lowest BCUT2D eigenvalue weighted by Crippen LogP contribution is -2.51. The number of benzene rings is 1. The van der Waals surface area contributed by atoms with Crippen LogP contribution in [0.1, 0.15) is 37.7 Å². The van der Waals surface area contributed by atoms with Crippen LogP contribution in [0.25, 0.3) is 10.9 Å². The summed E-state index contributed by atoms with van der Waals surface area (Å²) in [4.78, 5) is 35.4. The summed E-state index contributed by atoms with van der Waals surface area (Å²) in [7, 11) is -2.51. The summed E-state index contributed by atoms with van der Waals surface area (Å²) < 4.78 is 28.5. The molecule has 0 aliphatic carbocycles. The number of hydrogen-bond donors (Lipinski definition) is 4. The summed E-state index contributed by atoms with van der Waals surface area (Å²) in [6.07, 6.45) is -0.365. The second kappa shape index (κ2) is 9.97. The first-order valence-corrected chi connectivity index (χ1v) is 11.8. The van der Waals surface area contributed by atoms with Gasteiger partial charge in [-0.05, 0) is 39.0 Å². The van der Waals surface area contributed by atoms with Gasteiger partial charge in [-0.15, -0.1) is 0 Å². The highest BCUT2D eigenvalue weighted by atomic mass is 35.5. The number of carboxylic acid groups (broad SMARTS) is 1. The minimum Gasteiger partial charge on any atom is -0.481 e. The highest BCUT2D eigenvalue weighted by Crippen LogP contribution is 2.32. The van der Waals surface area contributed by atoms with E-state index in [1.807, 2.05) is 4.72 Å². The van der Waals surface area contributed by atoms with E-state index in [4.69, 9.17) is 28.3 Å². The van der Waals surface area contributed by atoms with E-state index in [2.05, 4.69) is 10.6 Å². The molecule has 3 amide bonds. The molecule has 0 radical (unpaired) electrons. The van der Waals surface area contributed by atoms with Crippen LogP contribution in [0.3, 0.4) is 0 Å². The summed E-state index contributed by atoms with van der Waals surface area (Å²) in [6.45, 7) is 4.24. The number of aryl methyl sites for hydroxylation is 1. The number of nitrogens with zero attached hydrogens (tertiary/aromatic N) is 1. The van der Waals surface area contributed by atoms with E-state index in [1.165, 1.54) is 20.8 Å². The van der Waals surface area contributed by atoms with Gasteiger partial charge in [-0.2, -0.15) is 0 Å². The average molecular weight is 507 g/mol. The van der Waals surface area contributed by atoms with Crippen molar-refractivity contribution >= 4 is 62.0 Å². The number of halogens is 2. The molecule has 0 fully saturated rings. The monoisotopic (exact) mass is 506 g/mol. The first kappa shape index (κ1) is 25.8. The molecular weight excluding hydrogens is 483 g/mol. The zero-order valence-corrected chi connectivity index (χ0v) is 20.1. The van der Waals surface area contributed by atoms with Crippen LogP contribution >= 0.6 is 23.2 Å². The Labute approximate surface area is 195 Å². The van der Waals surface area contributed by atoms with Crippen LogP contribution in [0.5, 0.6) is 0 Å². The molecular formula is C19H24Cl2N4O6S. The topological polar surface area (TPSA) is 147 Å². The van der Waals surface area contributed by atoms with Gasteiger partial charge in [0, 0.05) is 30.0 Å². The second-order valence-electron chi connectivity index (χ2n) is 7.47. The van der Waals surface area contributed by atoms with Crippen LogP contribution in [0.2, 0.25) is 10.0 Å². The van der Waals surface area contributed by atoms with Gasteiger partial charge in [-0.25, -0.2) is 17.9 Å². The van der Waals surface area contributed by atoms with Crippen molar-refractivity contribution in [3.05, 3.63) is 33.9 Å². The number of amides is 3. The number of carboxylic acids is 1. The van der Waals surface area contributed by atoms with Gasteiger partial charge in [0.2, 0.25) is 10.0 Å². The molecule has 32 heavy (non-hydrogen) atoms. The Bertz CT molecular complexity index is 1160. The van der Waals surface area contributed by atoms with E-state index < -0.39 is 45.3 Å². The zero-order chi connectivity index (χ0) is 24.4. The number of nitrogens with one attached hydrogen (secondary N) is 3. The molecule has 1 aromatic carbocycles. The molecule has 2 unspecified atom stereocenters. The van der Waals surface area contributed by atoms with E-state index in [-0.39, 0.29) is 12.1 Å². The third-order valence-electron chi connectivity index (χ3n) is 4.99. The van der Waals surface area contributed by atoms with Crippen LogP contribution in [0.4, 0.5) is 4.79 Å². The average Bonchev–Trinajstić information content (AvgIpc) is 3.00. The number of hydrogen-bond acceptors (Lipinski definition) is 5. The predicted octanol–water partition coefficient (Wildman–Crippen LogP) is 2.48. The SMILES string of the molecule is CC(CC(=O)O)NC(=O)NS(=O)(=O)C(C)[C@@H](C)NC(=O)c1cc2c(Cl)c(Cl)ccc2n1C. The summed E-state index contributed by atoms with van der Waals surface area (Å²) in [5.74, 6) is -1.67. The van der Waals surface area contributed by atoms with E-state index in [9.17, 15) is 22.8 Å². The molecule has 4 N–H and O–H groups in total. The second-order valence-corrected chi connectivity index (χ2v) is 10.3. The Hall–Kier alpha value is -2.50. The quantitative estimate of drug-likeness (QED) is 0.432. The molecule has 0 saturated carbocycles. The van der Waals surface area contributed by atoms with Gasteiger partial charge in [0.05, 0.1) is 21.7 Å². The van der Waals surface area contributed by atoms with Crippen LogP contribution < -0.4 is 15.4 Å². The normalized spacial score (nSPS) is 14.4. The summed E-state index contributed by atoms with van der Waals surface area (Å²) >= 11 is 12.2. The van der Waals surface area contributed by atoms with E-state index in [1.54, 1.807) is 29.8 Å². The summed E-state index contributed by atoms with van der Waals surface area (Å²) in [6, 6.07) is 2.18. The Kier molecular flexibility index (Phi) is 8.02. The van der Waals surface area contributed by atoms with Gasteiger partial charge in [0.1, 0.15) is 5.69 Å². The molecule has 1 heterocycles. The predicted molar refractivity (Wildman–Crippen MR) is 122 cm³/mol. The molecule has 10 nitrogen and oxygen atoms in total. The fourth-order valence-corrected chi connectivity index (χ4v) is 4.51. The van der Waals surface area contributed by atoms with Crippen molar-refractivity contribution in [3.8, 4) is 0 Å². The molecule has 176 valence electrons. The zero-order valence-electron chi connectivity index (χ0n) is 17.8. The lowest BCUT2D eigenvalue weighted by Gasteiger charge is -2.22. The van der Waals surface area contributed by atoms with Gasteiger partial charge < -0.3 is 20.3 Å². The molecule has 0 aliphatic heterocycles.